The molecule has 1 atom stereocenters. The van der Waals surface area contributed by atoms with Gasteiger partial charge in [0.05, 0.1) is 13.5 Å². The maximum atomic E-state index is 13.3. The molecular formula is C27H35ClN4O3. The minimum absolute atomic E-state index is 0.0717. The van der Waals surface area contributed by atoms with Crippen LogP contribution in [0, 0.1) is 11.8 Å². The van der Waals surface area contributed by atoms with E-state index in [-0.39, 0.29) is 23.7 Å². The number of amides is 1. The molecule has 2 aliphatic rings. The first-order chi connectivity index (χ1) is 16.9. The Morgan fingerprint density at radius 1 is 1.09 bits per heavy atom. The van der Waals surface area contributed by atoms with E-state index in [1.54, 1.807) is 6.20 Å². The molecule has 2 aliphatic heterocycles. The number of ether oxygens (including phenoxy) is 1. The first-order valence-corrected chi connectivity index (χ1v) is 12.8. The van der Waals surface area contributed by atoms with Gasteiger partial charge < -0.3 is 15.4 Å². The maximum Gasteiger partial charge on any atom is 0.306 e. The lowest BCUT2D eigenvalue weighted by atomic mass is 9.78. The van der Waals surface area contributed by atoms with Gasteiger partial charge in [0, 0.05) is 36.8 Å². The molecule has 7 nitrogen and oxygen atoms in total. The summed E-state index contributed by atoms with van der Waals surface area (Å²) in [6, 6.07) is 11.7. The number of anilines is 1. The molecule has 2 N–H and O–H groups in total. The van der Waals surface area contributed by atoms with Crippen LogP contribution in [0.1, 0.15) is 49.1 Å². The number of benzene rings is 1. The lowest BCUT2D eigenvalue weighted by Crippen LogP contribution is -2.46. The molecule has 0 radical (unpaired) electrons. The number of esters is 1. The number of likely N-dealkylation sites (tertiary alicyclic amines) is 2. The summed E-state index contributed by atoms with van der Waals surface area (Å²) in [6.45, 7) is 4.14. The van der Waals surface area contributed by atoms with E-state index in [0.29, 0.717) is 23.2 Å². The topological polar surface area (TPSA) is 88.8 Å². The van der Waals surface area contributed by atoms with Crippen LogP contribution in [-0.2, 0) is 20.9 Å². The minimum Gasteiger partial charge on any atom is -0.469 e. The van der Waals surface area contributed by atoms with Crippen molar-refractivity contribution in [3.63, 3.8) is 0 Å². The highest BCUT2D eigenvalue weighted by atomic mass is 35.5. The molecule has 0 spiro atoms. The number of carbonyl (C=O) groups excluding carboxylic acids is 2. The highest BCUT2D eigenvalue weighted by molar-refractivity contribution is 6.30. The fraction of sp³-hybridized carbons (Fsp3) is 0.519. The van der Waals surface area contributed by atoms with Gasteiger partial charge in [0.1, 0.15) is 5.82 Å². The van der Waals surface area contributed by atoms with Gasteiger partial charge in [-0.25, -0.2) is 4.98 Å². The number of nitrogen functional groups attached to an aromatic ring is 1. The molecule has 1 amide bonds. The van der Waals surface area contributed by atoms with Gasteiger partial charge in [0.15, 0.2) is 0 Å². The molecule has 1 unspecified atom stereocenters. The molecule has 2 fully saturated rings. The largest absolute Gasteiger partial charge is 0.469 e. The van der Waals surface area contributed by atoms with Crippen molar-refractivity contribution in [3.8, 4) is 0 Å². The predicted octanol–water partition coefficient (Wildman–Crippen LogP) is 4.11. The molecule has 35 heavy (non-hydrogen) atoms. The van der Waals surface area contributed by atoms with E-state index < -0.39 is 0 Å². The number of nitrogens with zero attached hydrogens (tertiary/aromatic N) is 3. The second-order valence-electron chi connectivity index (χ2n) is 9.74. The number of hydrogen-bond acceptors (Lipinski definition) is 6. The van der Waals surface area contributed by atoms with Crippen LogP contribution in [-0.4, -0.2) is 59.9 Å². The SMILES string of the molecule is COC(=O)CC(c1ccc(Cl)cc1)C1CCN(C(=O)C2CCN(Cc3ccnc(N)c3)CC2)CC1. The summed E-state index contributed by atoms with van der Waals surface area (Å²) in [6.07, 6.45) is 5.63. The van der Waals surface area contributed by atoms with Crippen LogP contribution >= 0.6 is 11.6 Å². The Labute approximate surface area is 212 Å². The van der Waals surface area contributed by atoms with E-state index in [1.807, 2.05) is 41.3 Å². The summed E-state index contributed by atoms with van der Waals surface area (Å²) in [4.78, 5) is 33.9. The fourth-order valence-electron chi connectivity index (χ4n) is 5.50. The number of methoxy groups -OCH3 is 1. The van der Waals surface area contributed by atoms with Crippen LogP contribution in [0.2, 0.25) is 5.02 Å². The average Bonchev–Trinajstić information content (AvgIpc) is 2.88. The molecule has 0 saturated carbocycles. The zero-order chi connectivity index (χ0) is 24.8. The third-order valence-corrected chi connectivity index (χ3v) is 7.77. The summed E-state index contributed by atoms with van der Waals surface area (Å²) in [5.41, 5.74) is 8.06. The van der Waals surface area contributed by atoms with Crippen molar-refractivity contribution in [2.75, 3.05) is 39.0 Å². The second-order valence-corrected chi connectivity index (χ2v) is 10.2. The smallest absolute Gasteiger partial charge is 0.306 e. The lowest BCUT2D eigenvalue weighted by molar-refractivity contribution is -0.142. The molecule has 4 rings (SSSR count). The van der Waals surface area contributed by atoms with E-state index in [1.165, 1.54) is 7.11 Å². The Balaban J connectivity index is 1.29. The van der Waals surface area contributed by atoms with Gasteiger partial charge >= 0.3 is 5.97 Å². The van der Waals surface area contributed by atoms with Crippen molar-refractivity contribution in [2.24, 2.45) is 11.8 Å². The standard InChI is InChI=1S/C27H35ClN4O3/c1-35-26(33)17-24(20-2-4-23(28)5-3-20)21-9-14-32(15-10-21)27(34)22-7-12-31(13-8-22)18-19-6-11-30-25(29)16-19/h2-6,11,16,21-22,24H,7-10,12-15,17-18H2,1H3,(H2,29,30). The summed E-state index contributed by atoms with van der Waals surface area (Å²) in [5, 5.41) is 0.682. The van der Waals surface area contributed by atoms with Gasteiger partial charge in [-0.15, -0.1) is 0 Å². The zero-order valence-electron chi connectivity index (χ0n) is 20.4. The number of nitrogens with two attached hydrogens (primary N) is 1. The van der Waals surface area contributed by atoms with Gasteiger partial charge in [-0.1, -0.05) is 23.7 Å². The highest BCUT2D eigenvalue weighted by Crippen LogP contribution is 2.36. The van der Waals surface area contributed by atoms with E-state index in [2.05, 4.69) is 9.88 Å². The highest BCUT2D eigenvalue weighted by Gasteiger charge is 2.34. The van der Waals surface area contributed by atoms with E-state index in [0.717, 1.165) is 69.5 Å². The van der Waals surface area contributed by atoms with Gasteiger partial charge in [-0.3, -0.25) is 14.5 Å². The second kappa shape index (κ2) is 11.9. The first kappa shape index (κ1) is 25.5. The Hall–Kier alpha value is -2.64. The van der Waals surface area contributed by atoms with Crippen LogP contribution in [0.4, 0.5) is 5.82 Å². The maximum absolute atomic E-state index is 13.3. The Morgan fingerprint density at radius 2 is 1.77 bits per heavy atom. The molecule has 2 saturated heterocycles. The number of halogens is 1. The number of piperidine rings is 2. The monoisotopic (exact) mass is 498 g/mol. The van der Waals surface area contributed by atoms with Crippen LogP contribution in [0.15, 0.2) is 42.6 Å². The van der Waals surface area contributed by atoms with Crippen molar-refractivity contribution in [1.29, 1.82) is 0 Å². The molecule has 2 aromatic rings. The summed E-state index contributed by atoms with van der Waals surface area (Å²) in [7, 11) is 1.43. The number of rotatable bonds is 7. The van der Waals surface area contributed by atoms with Crippen molar-refractivity contribution >= 4 is 29.3 Å². The van der Waals surface area contributed by atoms with Crippen molar-refractivity contribution in [1.82, 2.24) is 14.8 Å². The lowest BCUT2D eigenvalue weighted by Gasteiger charge is -2.39. The number of pyridine rings is 1. The Morgan fingerprint density at radius 3 is 2.40 bits per heavy atom. The Bertz CT molecular complexity index is 1000. The number of aromatic nitrogens is 1. The number of hydrogen-bond donors (Lipinski definition) is 1. The molecule has 0 aliphatic carbocycles. The van der Waals surface area contributed by atoms with E-state index >= 15 is 0 Å². The van der Waals surface area contributed by atoms with Crippen LogP contribution < -0.4 is 5.73 Å². The number of carbonyl (C=O) groups is 2. The van der Waals surface area contributed by atoms with Gasteiger partial charge in [0.2, 0.25) is 5.91 Å². The molecule has 1 aromatic carbocycles. The zero-order valence-corrected chi connectivity index (χ0v) is 21.1. The van der Waals surface area contributed by atoms with Crippen LogP contribution in [0.5, 0.6) is 0 Å². The first-order valence-electron chi connectivity index (χ1n) is 12.5. The third-order valence-electron chi connectivity index (χ3n) is 7.52. The van der Waals surface area contributed by atoms with Crippen LogP contribution in [0.25, 0.3) is 0 Å². The van der Waals surface area contributed by atoms with Crippen molar-refractivity contribution in [2.45, 2.75) is 44.6 Å². The predicted molar refractivity (Wildman–Crippen MR) is 137 cm³/mol. The van der Waals surface area contributed by atoms with Crippen LogP contribution in [0.3, 0.4) is 0 Å². The molecule has 188 valence electrons. The molecule has 0 bridgehead atoms. The quantitative estimate of drug-likeness (QED) is 0.578. The van der Waals surface area contributed by atoms with Crippen molar-refractivity contribution < 1.29 is 14.3 Å². The Kier molecular flexibility index (Phi) is 8.63. The summed E-state index contributed by atoms with van der Waals surface area (Å²) >= 11 is 6.07. The van der Waals surface area contributed by atoms with Gasteiger partial charge in [-0.2, -0.15) is 0 Å². The molecule has 3 heterocycles. The molecule has 8 heteroatoms. The average molecular weight is 499 g/mol. The summed E-state index contributed by atoms with van der Waals surface area (Å²) < 4.78 is 4.96. The minimum atomic E-state index is -0.204. The van der Waals surface area contributed by atoms with Gasteiger partial charge in [0.25, 0.3) is 0 Å². The molecular weight excluding hydrogens is 464 g/mol. The van der Waals surface area contributed by atoms with E-state index in [4.69, 9.17) is 22.1 Å². The molecule has 1 aromatic heterocycles. The fourth-order valence-corrected chi connectivity index (χ4v) is 5.62. The van der Waals surface area contributed by atoms with Crippen molar-refractivity contribution in [3.05, 3.63) is 58.7 Å². The third kappa shape index (κ3) is 6.73. The summed E-state index contributed by atoms with van der Waals surface area (Å²) in [5.74, 6) is 1.11. The van der Waals surface area contributed by atoms with Gasteiger partial charge in [-0.05, 0) is 86.0 Å². The van der Waals surface area contributed by atoms with E-state index in [9.17, 15) is 9.59 Å². The normalized spacial score (nSPS) is 18.9.